The fourth-order valence-corrected chi connectivity index (χ4v) is 4.17. The average molecular weight is 437 g/mol. The smallest absolute Gasteiger partial charge is 0.267 e. The highest BCUT2D eigenvalue weighted by molar-refractivity contribution is 6.06. The van der Waals surface area contributed by atoms with E-state index in [2.05, 4.69) is 69.7 Å². The van der Waals surface area contributed by atoms with Gasteiger partial charge in [-0.25, -0.2) is 0 Å². The molecule has 4 rings (SSSR count). The molecule has 1 saturated heterocycles. The van der Waals surface area contributed by atoms with Crippen molar-refractivity contribution in [1.29, 1.82) is 5.26 Å². The summed E-state index contributed by atoms with van der Waals surface area (Å²) in [4.78, 5) is 17.1. The minimum Gasteiger partial charge on any atom is -0.374 e. The number of anilines is 1. The first kappa shape index (κ1) is 22.3. The van der Waals surface area contributed by atoms with Crippen LogP contribution in [0, 0.1) is 18.3 Å². The molecule has 1 N–H and O–H groups in total. The van der Waals surface area contributed by atoms with Gasteiger partial charge in [0.1, 0.15) is 11.6 Å². The molecule has 1 amide bonds. The van der Waals surface area contributed by atoms with Gasteiger partial charge in [-0.05, 0) is 30.2 Å². The number of nitriles is 1. The molecule has 0 saturated carbocycles. The first-order valence-electron chi connectivity index (χ1n) is 11.2. The van der Waals surface area contributed by atoms with Crippen LogP contribution >= 0.6 is 0 Å². The van der Waals surface area contributed by atoms with E-state index in [4.69, 9.17) is 0 Å². The zero-order chi connectivity index (χ0) is 23.0. The molecule has 3 aromatic carbocycles. The summed E-state index contributed by atoms with van der Waals surface area (Å²) in [5, 5.41) is 12.4. The number of carbonyl (C=O) groups is 1. The van der Waals surface area contributed by atoms with Crippen molar-refractivity contribution in [3.8, 4) is 6.07 Å². The topological polar surface area (TPSA) is 59.4 Å². The molecule has 0 atom stereocenters. The van der Waals surface area contributed by atoms with E-state index in [0.29, 0.717) is 5.69 Å². The van der Waals surface area contributed by atoms with Crippen LogP contribution in [0.5, 0.6) is 0 Å². The van der Waals surface area contributed by atoms with Crippen LogP contribution in [0.2, 0.25) is 0 Å². The molecular weight excluding hydrogens is 408 g/mol. The molecular formula is C28H28N4O. The quantitative estimate of drug-likeness (QED) is 0.448. The van der Waals surface area contributed by atoms with Gasteiger partial charge < -0.3 is 10.2 Å². The Balaban J connectivity index is 1.44. The summed E-state index contributed by atoms with van der Waals surface area (Å²) in [6, 6.07) is 30.9. The maximum Gasteiger partial charge on any atom is 0.267 e. The van der Waals surface area contributed by atoms with Crippen LogP contribution in [0.4, 0.5) is 5.69 Å². The molecule has 0 spiro atoms. The van der Waals surface area contributed by atoms with Gasteiger partial charge >= 0.3 is 0 Å². The van der Waals surface area contributed by atoms with Crippen LogP contribution in [-0.2, 0) is 4.79 Å². The Bertz CT molecular complexity index is 1090. The Morgan fingerprint density at radius 3 is 1.94 bits per heavy atom. The second kappa shape index (κ2) is 10.6. The third kappa shape index (κ3) is 5.68. The molecule has 0 aromatic heterocycles. The number of amides is 1. The highest BCUT2D eigenvalue weighted by atomic mass is 16.1. The van der Waals surface area contributed by atoms with E-state index in [0.717, 1.165) is 31.7 Å². The van der Waals surface area contributed by atoms with Gasteiger partial charge in [0.25, 0.3) is 5.91 Å². The molecule has 1 aliphatic heterocycles. The van der Waals surface area contributed by atoms with Gasteiger partial charge in [0.2, 0.25) is 0 Å². The monoisotopic (exact) mass is 436 g/mol. The molecule has 166 valence electrons. The van der Waals surface area contributed by atoms with Crippen LogP contribution in [0.25, 0.3) is 0 Å². The number of hydrogen-bond acceptors (Lipinski definition) is 4. The van der Waals surface area contributed by atoms with Crippen LogP contribution in [0.15, 0.2) is 96.7 Å². The van der Waals surface area contributed by atoms with Crippen molar-refractivity contribution in [3.63, 3.8) is 0 Å². The highest BCUT2D eigenvalue weighted by Gasteiger charge is 2.26. The van der Waals surface area contributed by atoms with Gasteiger partial charge in [-0.2, -0.15) is 5.26 Å². The van der Waals surface area contributed by atoms with Crippen LogP contribution in [-0.4, -0.2) is 41.9 Å². The van der Waals surface area contributed by atoms with Crippen molar-refractivity contribution in [2.45, 2.75) is 13.0 Å². The van der Waals surface area contributed by atoms with Gasteiger partial charge in [-0.15, -0.1) is 0 Å². The summed E-state index contributed by atoms with van der Waals surface area (Å²) in [6.45, 7) is 5.16. The van der Waals surface area contributed by atoms with Crippen molar-refractivity contribution in [3.05, 3.63) is 113 Å². The second-order valence-electron chi connectivity index (χ2n) is 8.27. The number of benzene rings is 3. The molecule has 1 fully saturated rings. The van der Waals surface area contributed by atoms with E-state index in [1.165, 1.54) is 11.1 Å². The van der Waals surface area contributed by atoms with E-state index < -0.39 is 0 Å². The second-order valence-corrected chi connectivity index (χ2v) is 8.27. The van der Waals surface area contributed by atoms with Crippen LogP contribution < -0.4 is 5.32 Å². The fraction of sp³-hybridized carbons (Fsp3) is 0.214. The molecule has 0 unspecified atom stereocenters. The molecule has 5 nitrogen and oxygen atoms in total. The van der Waals surface area contributed by atoms with E-state index >= 15 is 0 Å². The summed E-state index contributed by atoms with van der Waals surface area (Å²) in [5.74, 6) is -0.379. The average Bonchev–Trinajstić information content (AvgIpc) is 2.86. The van der Waals surface area contributed by atoms with Crippen LogP contribution in [0.3, 0.4) is 0 Å². The lowest BCUT2D eigenvalue weighted by Gasteiger charge is -2.39. The molecule has 0 radical (unpaired) electrons. The van der Waals surface area contributed by atoms with Crippen LogP contribution in [0.1, 0.15) is 22.7 Å². The molecule has 33 heavy (non-hydrogen) atoms. The largest absolute Gasteiger partial charge is 0.374 e. The van der Waals surface area contributed by atoms with Crippen molar-refractivity contribution in [1.82, 2.24) is 9.80 Å². The van der Waals surface area contributed by atoms with Gasteiger partial charge in [-0.1, -0.05) is 78.4 Å². The lowest BCUT2D eigenvalue weighted by atomic mass is 9.96. The highest BCUT2D eigenvalue weighted by Crippen LogP contribution is 2.29. The van der Waals surface area contributed by atoms with E-state index in [-0.39, 0.29) is 17.5 Å². The summed E-state index contributed by atoms with van der Waals surface area (Å²) in [5.41, 5.74) is 4.45. The Morgan fingerprint density at radius 1 is 0.879 bits per heavy atom. The maximum atomic E-state index is 12.6. The Kier molecular flexibility index (Phi) is 7.19. The molecule has 0 bridgehead atoms. The lowest BCUT2D eigenvalue weighted by Crippen LogP contribution is -2.46. The number of aryl methyl sites for hydroxylation is 1. The number of nitrogens with zero attached hydrogens (tertiary/aromatic N) is 3. The molecule has 1 aliphatic rings. The Labute approximate surface area is 195 Å². The predicted molar refractivity (Wildman–Crippen MR) is 131 cm³/mol. The number of rotatable bonds is 6. The summed E-state index contributed by atoms with van der Waals surface area (Å²) in [7, 11) is 0. The normalized spacial score (nSPS) is 14.7. The number of carbonyl (C=O) groups excluding carboxylic acids is 1. The first-order chi connectivity index (χ1) is 16.1. The zero-order valence-corrected chi connectivity index (χ0v) is 18.8. The third-order valence-electron chi connectivity index (χ3n) is 5.93. The van der Waals surface area contributed by atoms with Gasteiger partial charge in [0.15, 0.2) is 0 Å². The van der Waals surface area contributed by atoms with E-state index in [9.17, 15) is 10.1 Å². The summed E-state index contributed by atoms with van der Waals surface area (Å²) >= 11 is 0. The maximum absolute atomic E-state index is 12.6. The van der Waals surface area contributed by atoms with Gasteiger partial charge in [-0.3, -0.25) is 9.69 Å². The summed E-state index contributed by atoms with van der Waals surface area (Å²) < 4.78 is 0. The first-order valence-corrected chi connectivity index (χ1v) is 11.2. The van der Waals surface area contributed by atoms with Crippen molar-refractivity contribution in [2.75, 3.05) is 31.5 Å². The molecule has 0 aliphatic carbocycles. The minimum absolute atomic E-state index is 0.117. The summed E-state index contributed by atoms with van der Waals surface area (Å²) in [6.07, 6.45) is 1.70. The number of nitrogens with one attached hydrogen (secondary N) is 1. The molecule has 3 aromatic rings. The van der Waals surface area contributed by atoms with Gasteiger partial charge in [0.05, 0.1) is 6.04 Å². The Morgan fingerprint density at radius 2 is 1.42 bits per heavy atom. The van der Waals surface area contributed by atoms with Gasteiger partial charge in [0, 0.05) is 38.1 Å². The SMILES string of the molecule is Cc1ccc(NC(=O)/C(C#N)=C\N2CCN(C(c3ccccc3)c3ccccc3)CC2)cc1. The molecule has 1 heterocycles. The zero-order valence-electron chi connectivity index (χ0n) is 18.8. The van der Waals surface area contributed by atoms with E-state index in [1.54, 1.807) is 6.20 Å². The van der Waals surface area contributed by atoms with Crippen molar-refractivity contribution < 1.29 is 4.79 Å². The molecule has 5 heteroatoms. The Hall–Kier alpha value is -3.88. The standard InChI is InChI=1S/C28H28N4O/c1-22-12-14-26(15-13-22)30-28(33)25(20-29)21-31-16-18-32(19-17-31)27(23-8-4-2-5-9-23)24-10-6-3-7-11-24/h2-15,21,27H,16-19H2,1H3,(H,30,33)/b25-21-. The fourth-order valence-electron chi connectivity index (χ4n) is 4.17. The predicted octanol–water partition coefficient (Wildman–Crippen LogP) is 4.75. The number of piperazine rings is 1. The number of hydrogen-bond donors (Lipinski definition) is 1. The van der Waals surface area contributed by atoms with Crippen molar-refractivity contribution in [2.24, 2.45) is 0 Å². The third-order valence-corrected chi connectivity index (χ3v) is 5.93. The minimum atomic E-state index is -0.379. The lowest BCUT2D eigenvalue weighted by molar-refractivity contribution is -0.112. The van der Waals surface area contributed by atoms with Crippen molar-refractivity contribution >= 4 is 11.6 Å². The van der Waals surface area contributed by atoms with E-state index in [1.807, 2.05) is 43.3 Å².